The molecule has 0 aromatic heterocycles. The smallest absolute Gasteiger partial charge is 0.336 e. The lowest BCUT2D eigenvalue weighted by molar-refractivity contribution is -0.167. The van der Waals surface area contributed by atoms with Gasteiger partial charge < -0.3 is 9.84 Å². The van der Waals surface area contributed by atoms with Crippen molar-refractivity contribution < 1.29 is 14.6 Å². The molecule has 0 aromatic carbocycles. The second kappa shape index (κ2) is 18.0. The van der Waals surface area contributed by atoms with Gasteiger partial charge in [-0.2, -0.15) is 0 Å². The Morgan fingerprint density at radius 2 is 1.52 bits per heavy atom. The van der Waals surface area contributed by atoms with E-state index in [2.05, 4.69) is 43.4 Å². The van der Waals surface area contributed by atoms with Crippen LogP contribution < -0.4 is 0 Å². The third-order valence-electron chi connectivity index (χ3n) is 4.33. The Labute approximate surface area is 167 Å². The van der Waals surface area contributed by atoms with Crippen molar-refractivity contribution in [2.24, 2.45) is 0 Å². The van der Waals surface area contributed by atoms with Crippen molar-refractivity contribution in [3.05, 3.63) is 36.5 Å². The summed E-state index contributed by atoms with van der Waals surface area (Å²) in [6.45, 7) is 4.10. The van der Waals surface area contributed by atoms with E-state index in [0.717, 1.165) is 51.4 Å². The molecule has 0 aliphatic carbocycles. The third-order valence-corrected chi connectivity index (χ3v) is 4.33. The number of unbranched alkanes of at least 4 members (excludes halogenated alkanes) is 4. The van der Waals surface area contributed by atoms with E-state index in [1.54, 1.807) is 0 Å². The monoisotopic (exact) mass is 379 g/mol. The van der Waals surface area contributed by atoms with Crippen LogP contribution in [0.1, 0.15) is 78.1 Å². The number of nitrogens with zero attached hydrogens (tertiary/aromatic N) is 1. The van der Waals surface area contributed by atoms with Gasteiger partial charge in [0.05, 0.1) is 0 Å². The Hall–Kier alpha value is -1.39. The van der Waals surface area contributed by atoms with E-state index in [4.69, 9.17) is 4.74 Å². The number of aliphatic hydroxyl groups excluding tert-OH is 1. The van der Waals surface area contributed by atoms with Gasteiger partial charge in [0.15, 0.2) is 12.3 Å². The van der Waals surface area contributed by atoms with Gasteiger partial charge in [0, 0.05) is 0 Å². The van der Waals surface area contributed by atoms with E-state index in [1.165, 1.54) is 0 Å². The van der Waals surface area contributed by atoms with Crippen molar-refractivity contribution in [2.75, 3.05) is 14.1 Å². The summed E-state index contributed by atoms with van der Waals surface area (Å²) >= 11 is 0. The molecule has 0 rings (SSSR count). The number of esters is 1. The minimum Gasteiger partial charge on any atom is -0.444 e. The zero-order valence-corrected chi connectivity index (χ0v) is 17.9. The highest BCUT2D eigenvalue weighted by Crippen LogP contribution is 2.11. The highest BCUT2D eigenvalue weighted by Gasteiger charge is 2.21. The largest absolute Gasteiger partial charge is 0.444 e. The summed E-state index contributed by atoms with van der Waals surface area (Å²) in [7, 11) is 3.73. The van der Waals surface area contributed by atoms with Crippen molar-refractivity contribution in [1.29, 1.82) is 0 Å². The molecule has 0 radical (unpaired) electrons. The molecule has 4 heteroatoms. The van der Waals surface area contributed by atoms with Gasteiger partial charge in [-0.3, -0.25) is 4.90 Å². The average Bonchev–Trinajstić information content (AvgIpc) is 2.65. The zero-order valence-electron chi connectivity index (χ0n) is 17.9. The van der Waals surface area contributed by atoms with E-state index < -0.39 is 12.1 Å². The number of rotatable bonds is 16. The van der Waals surface area contributed by atoms with E-state index in [-0.39, 0.29) is 6.23 Å². The Morgan fingerprint density at radius 3 is 2.11 bits per heavy atom. The van der Waals surface area contributed by atoms with Gasteiger partial charge in [0.1, 0.15) is 0 Å². The standard InChI is InChI=1S/C23H41NO3/c1-5-7-8-9-10-11-12-13-14-15-16-17-18-19-20-21(25)23(26)27-22(6-2)24(3)4/h7-8,10-11,13-14,21-22,25H,5-6,9,12,15-20H2,1-4H3/b8-7-,11-10-,14-13-. The summed E-state index contributed by atoms with van der Waals surface area (Å²) < 4.78 is 5.31. The van der Waals surface area contributed by atoms with Gasteiger partial charge in [-0.15, -0.1) is 0 Å². The quantitative estimate of drug-likeness (QED) is 0.169. The van der Waals surface area contributed by atoms with E-state index in [1.807, 2.05) is 25.9 Å². The highest BCUT2D eigenvalue weighted by atomic mass is 16.6. The van der Waals surface area contributed by atoms with Crippen LogP contribution in [-0.4, -0.2) is 42.4 Å². The first-order chi connectivity index (χ1) is 13.0. The van der Waals surface area contributed by atoms with Gasteiger partial charge in [-0.1, -0.05) is 69.6 Å². The van der Waals surface area contributed by atoms with E-state index in [0.29, 0.717) is 12.8 Å². The van der Waals surface area contributed by atoms with E-state index in [9.17, 15) is 9.90 Å². The molecule has 0 spiro atoms. The third kappa shape index (κ3) is 15.4. The topological polar surface area (TPSA) is 49.8 Å². The summed E-state index contributed by atoms with van der Waals surface area (Å²) in [5.74, 6) is -0.503. The Bertz CT molecular complexity index is 441. The van der Waals surface area contributed by atoms with Crippen molar-refractivity contribution in [1.82, 2.24) is 4.90 Å². The molecule has 4 nitrogen and oxygen atoms in total. The molecule has 156 valence electrons. The zero-order chi connectivity index (χ0) is 20.3. The maximum Gasteiger partial charge on any atom is 0.336 e. The van der Waals surface area contributed by atoms with Crippen molar-refractivity contribution in [3.8, 4) is 0 Å². The van der Waals surface area contributed by atoms with Crippen molar-refractivity contribution >= 4 is 5.97 Å². The average molecular weight is 380 g/mol. The molecule has 0 bridgehead atoms. The second-order valence-corrected chi connectivity index (χ2v) is 7.06. The maximum absolute atomic E-state index is 11.9. The predicted octanol–water partition coefficient (Wildman–Crippen LogP) is 5.39. The minimum absolute atomic E-state index is 0.262. The van der Waals surface area contributed by atoms with E-state index >= 15 is 0 Å². The summed E-state index contributed by atoms with van der Waals surface area (Å²) in [5, 5.41) is 9.92. The van der Waals surface area contributed by atoms with Crippen LogP contribution in [0.4, 0.5) is 0 Å². The molecule has 0 amide bonds. The maximum atomic E-state index is 11.9. The fourth-order valence-corrected chi connectivity index (χ4v) is 2.66. The summed E-state index contributed by atoms with van der Waals surface area (Å²) in [5.41, 5.74) is 0. The normalized spacial score (nSPS) is 14.6. The van der Waals surface area contributed by atoms with Gasteiger partial charge in [0.2, 0.25) is 0 Å². The lowest BCUT2D eigenvalue weighted by Crippen LogP contribution is -2.36. The fraction of sp³-hybridized carbons (Fsp3) is 0.696. The van der Waals surface area contributed by atoms with Crippen LogP contribution in [0.25, 0.3) is 0 Å². The summed E-state index contributed by atoms with van der Waals surface area (Å²) in [6, 6.07) is 0. The Kier molecular flexibility index (Phi) is 17.1. The molecule has 0 heterocycles. The van der Waals surface area contributed by atoms with Crippen LogP contribution in [-0.2, 0) is 9.53 Å². The van der Waals surface area contributed by atoms with Crippen LogP contribution in [0, 0.1) is 0 Å². The van der Waals surface area contributed by atoms with Gasteiger partial charge >= 0.3 is 5.97 Å². The molecular formula is C23H41NO3. The van der Waals surface area contributed by atoms with Gasteiger partial charge in [0.25, 0.3) is 0 Å². The van der Waals surface area contributed by atoms with Crippen LogP contribution in [0.5, 0.6) is 0 Å². The van der Waals surface area contributed by atoms with Crippen LogP contribution >= 0.6 is 0 Å². The van der Waals surface area contributed by atoms with Crippen molar-refractivity contribution in [3.63, 3.8) is 0 Å². The van der Waals surface area contributed by atoms with Crippen LogP contribution in [0.15, 0.2) is 36.5 Å². The molecule has 0 fully saturated rings. The van der Waals surface area contributed by atoms with Gasteiger partial charge in [-0.25, -0.2) is 4.79 Å². The lowest BCUT2D eigenvalue weighted by Gasteiger charge is -2.24. The first kappa shape index (κ1) is 25.6. The fourth-order valence-electron chi connectivity index (χ4n) is 2.66. The molecular weight excluding hydrogens is 338 g/mol. The highest BCUT2D eigenvalue weighted by molar-refractivity contribution is 5.74. The molecule has 1 N–H and O–H groups in total. The molecule has 0 aromatic rings. The molecule has 27 heavy (non-hydrogen) atoms. The molecule has 0 aliphatic rings. The number of hydrogen-bond donors (Lipinski definition) is 1. The molecule has 0 saturated heterocycles. The number of carbonyl (C=O) groups is 1. The van der Waals surface area contributed by atoms with Crippen LogP contribution in [0.3, 0.4) is 0 Å². The number of ether oxygens (including phenoxy) is 1. The van der Waals surface area contributed by atoms with Crippen LogP contribution in [0.2, 0.25) is 0 Å². The molecule has 0 saturated carbocycles. The predicted molar refractivity (Wildman–Crippen MR) is 115 cm³/mol. The number of hydrogen-bond acceptors (Lipinski definition) is 4. The SMILES string of the molecule is CC/C=C\C/C=C\C/C=C\CCCCCCC(O)C(=O)OC(CC)N(C)C. The molecule has 2 unspecified atom stereocenters. The Morgan fingerprint density at radius 1 is 0.926 bits per heavy atom. The number of aliphatic hydroxyl groups is 1. The second-order valence-electron chi connectivity index (χ2n) is 7.06. The first-order valence-corrected chi connectivity index (χ1v) is 10.5. The molecule has 0 aliphatic heterocycles. The summed E-state index contributed by atoms with van der Waals surface area (Å²) in [6.07, 6.45) is 21.6. The molecule has 2 atom stereocenters. The van der Waals surface area contributed by atoms with Gasteiger partial charge in [-0.05, 0) is 59.0 Å². The minimum atomic E-state index is -1.00. The summed E-state index contributed by atoms with van der Waals surface area (Å²) in [4.78, 5) is 13.7. The first-order valence-electron chi connectivity index (χ1n) is 10.5. The number of carbonyl (C=O) groups excluding carboxylic acids is 1. The number of allylic oxidation sites excluding steroid dienone is 6. The Balaban J connectivity index is 3.64. The lowest BCUT2D eigenvalue weighted by atomic mass is 10.1. The van der Waals surface area contributed by atoms with Crippen molar-refractivity contribution in [2.45, 2.75) is 90.4 Å².